The smallest absolute Gasteiger partial charge is 0.411 e. The predicted octanol–water partition coefficient (Wildman–Crippen LogP) is 2.68. The van der Waals surface area contributed by atoms with Crippen molar-refractivity contribution in [1.82, 2.24) is 4.31 Å². The van der Waals surface area contributed by atoms with Gasteiger partial charge in [-0.25, -0.2) is 13.2 Å². The maximum atomic E-state index is 12.5. The zero-order valence-corrected chi connectivity index (χ0v) is 13.4. The average Bonchev–Trinajstić information content (AvgIpc) is 2.47. The van der Waals surface area contributed by atoms with Crippen LogP contribution in [0.5, 0.6) is 0 Å². The fourth-order valence-corrected chi connectivity index (χ4v) is 3.50. The maximum absolute atomic E-state index is 12.5. The van der Waals surface area contributed by atoms with E-state index in [2.05, 4.69) is 10.1 Å². The molecule has 118 valence electrons. The number of carbonyl (C=O) groups is 1. The number of hydrogen-bond donors (Lipinski definition) is 1. The molecule has 0 spiro atoms. The highest BCUT2D eigenvalue weighted by atomic mass is 32.2. The Labute approximate surface area is 126 Å². The Bertz CT molecular complexity index is 549. The van der Waals surface area contributed by atoms with Crippen molar-refractivity contribution in [3.05, 3.63) is 24.3 Å². The lowest BCUT2D eigenvalue weighted by molar-refractivity contribution is 0.187. The van der Waals surface area contributed by atoms with Gasteiger partial charge in [0.2, 0.25) is 10.0 Å². The highest BCUT2D eigenvalue weighted by molar-refractivity contribution is 7.89. The monoisotopic (exact) mass is 314 g/mol. The van der Waals surface area contributed by atoms with Crippen molar-refractivity contribution in [2.45, 2.75) is 31.6 Å². The van der Waals surface area contributed by atoms with Crippen LogP contribution in [0.1, 0.15) is 26.7 Å². The molecule has 1 rings (SSSR count). The van der Waals surface area contributed by atoms with Crippen LogP contribution in [0.3, 0.4) is 0 Å². The van der Waals surface area contributed by atoms with Crippen molar-refractivity contribution in [3.63, 3.8) is 0 Å². The second-order valence-corrected chi connectivity index (χ2v) is 6.48. The summed E-state index contributed by atoms with van der Waals surface area (Å²) in [5.74, 6) is 0. The van der Waals surface area contributed by atoms with E-state index >= 15 is 0 Å². The fourth-order valence-electron chi connectivity index (χ4n) is 1.88. The number of ether oxygens (including phenoxy) is 1. The van der Waals surface area contributed by atoms with E-state index in [-0.39, 0.29) is 4.90 Å². The first kappa shape index (κ1) is 17.5. The summed E-state index contributed by atoms with van der Waals surface area (Å²) in [6.07, 6.45) is 0.937. The molecule has 0 radical (unpaired) electrons. The molecule has 0 atom stereocenters. The van der Waals surface area contributed by atoms with Crippen LogP contribution in [0, 0.1) is 0 Å². The van der Waals surface area contributed by atoms with E-state index in [0.717, 1.165) is 12.8 Å². The Balaban J connectivity index is 2.95. The summed E-state index contributed by atoms with van der Waals surface area (Å²) in [5.41, 5.74) is 0.485. The molecule has 1 N–H and O–H groups in total. The average molecular weight is 314 g/mol. The molecular weight excluding hydrogens is 292 g/mol. The summed E-state index contributed by atoms with van der Waals surface area (Å²) < 4.78 is 31.0. The van der Waals surface area contributed by atoms with Gasteiger partial charge in [0.1, 0.15) is 0 Å². The van der Waals surface area contributed by atoms with Gasteiger partial charge in [-0.3, -0.25) is 5.32 Å². The van der Waals surface area contributed by atoms with E-state index in [1.807, 2.05) is 13.8 Å². The number of anilines is 1. The van der Waals surface area contributed by atoms with Gasteiger partial charge in [0.25, 0.3) is 0 Å². The molecule has 0 aliphatic carbocycles. The lowest BCUT2D eigenvalue weighted by atomic mass is 10.3. The molecule has 6 nitrogen and oxygen atoms in total. The largest absolute Gasteiger partial charge is 0.453 e. The van der Waals surface area contributed by atoms with Gasteiger partial charge in [0.15, 0.2) is 0 Å². The fraction of sp³-hybridized carbons (Fsp3) is 0.500. The van der Waals surface area contributed by atoms with Crippen LogP contribution in [-0.2, 0) is 14.8 Å². The van der Waals surface area contributed by atoms with Gasteiger partial charge < -0.3 is 4.74 Å². The number of methoxy groups -OCH3 is 1. The molecule has 0 heterocycles. The number of nitrogens with zero attached hydrogens (tertiary/aromatic N) is 1. The molecule has 0 saturated carbocycles. The quantitative estimate of drug-likeness (QED) is 0.839. The Hall–Kier alpha value is -1.60. The van der Waals surface area contributed by atoms with Crippen LogP contribution < -0.4 is 5.32 Å². The second-order valence-electron chi connectivity index (χ2n) is 4.55. The van der Waals surface area contributed by atoms with Gasteiger partial charge in [-0.2, -0.15) is 4.31 Å². The van der Waals surface area contributed by atoms with Crippen LogP contribution in [0.25, 0.3) is 0 Å². The molecule has 0 unspecified atom stereocenters. The van der Waals surface area contributed by atoms with Crippen LogP contribution >= 0.6 is 0 Å². The van der Waals surface area contributed by atoms with E-state index < -0.39 is 16.1 Å². The van der Waals surface area contributed by atoms with Crippen molar-refractivity contribution >= 4 is 21.8 Å². The van der Waals surface area contributed by atoms with E-state index in [9.17, 15) is 13.2 Å². The third-order valence-corrected chi connectivity index (χ3v) is 4.78. The third kappa shape index (κ3) is 4.71. The van der Waals surface area contributed by atoms with Gasteiger partial charge in [-0.05, 0) is 37.1 Å². The first-order valence-electron chi connectivity index (χ1n) is 6.90. The minimum Gasteiger partial charge on any atom is -0.453 e. The first-order valence-corrected chi connectivity index (χ1v) is 8.34. The normalized spacial score (nSPS) is 11.4. The Kier molecular flexibility index (Phi) is 6.64. The molecule has 0 aliphatic heterocycles. The Morgan fingerprint density at radius 2 is 1.67 bits per heavy atom. The van der Waals surface area contributed by atoms with E-state index in [1.165, 1.54) is 23.5 Å². The van der Waals surface area contributed by atoms with Gasteiger partial charge in [-0.1, -0.05) is 13.8 Å². The van der Waals surface area contributed by atoms with Crippen molar-refractivity contribution in [1.29, 1.82) is 0 Å². The minimum absolute atomic E-state index is 0.222. The zero-order chi connectivity index (χ0) is 15.9. The van der Waals surface area contributed by atoms with E-state index in [1.54, 1.807) is 12.1 Å². The molecule has 1 amide bonds. The van der Waals surface area contributed by atoms with Gasteiger partial charge >= 0.3 is 6.09 Å². The lowest BCUT2D eigenvalue weighted by Gasteiger charge is -2.21. The third-order valence-electron chi connectivity index (χ3n) is 2.87. The number of sulfonamides is 1. The summed E-state index contributed by atoms with van der Waals surface area (Å²) in [4.78, 5) is 11.3. The van der Waals surface area contributed by atoms with E-state index in [0.29, 0.717) is 18.8 Å². The standard InChI is InChI=1S/C14H22N2O4S/c1-4-10-16(11-5-2)21(18,19)13-8-6-12(7-9-13)15-14(17)20-3/h6-9H,4-5,10-11H2,1-3H3,(H,15,17). The van der Waals surface area contributed by atoms with Crippen LogP contribution in [-0.4, -0.2) is 39.0 Å². The first-order chi connectivity index (χ1) is 9.95. The highest BCUT2D eigenvalue weighted by Gasteiger charge is 2.22. The number of hydrogen-bond acceptors (Lipinski definition) is 4. The minimum atomic E-state index is -3.49. The van der Waals surface area contributed by atoms with Crippen molar-refractivity contribution in [2.75, 3.05) is 25.5 Å². The number of rotatable bonds is 7. The van der Waals surface area contributed by atoms with Crippen LogP contribution in [0.4, 0.5) is 10.5 Å². The van der Waals surface area contributed by atoms with Crippen molar-refractivity contribution in [3.8, 4) is 0 Å². The topological polar surface area (TPSA) is 75.7 Å². The number of nitrogens with one attached hydrogen (secondary N) is 1. The zero-order valence-electron chi connectivity index (χ0n) is 12.6. The molecule has 0 saturated heterocycles. The van der Waals surface area contributed by atoms with Crippen LogP contribution in [0.15, 0.2) is 29.2 Å². The SMILES string of the molecule is CCCN(CCC)S(=O)(=O)c1ccc(NC(=O)OC)cc1. The van der Waals surface area contributed by atoms with Crippen molar-refractivity contribution in [2.24, 2.45) is 0 Å². The number of amides is 1. The summed E-state index contributed by atoms with van der Waals surface area (Å²) in [5, 5.41) is 2.48. The summed E-state index contributed by atoms with van der Waals surface area (Å²) in [6, 6.07) is 6.05. The predicted molar refractivity (Wildman–Crippen MR) is 81.8 cm³/mol. The molecule has 1 aromatic carbocycles. The lowest BCUT2D eigenvalue weighted by Crippen LogP contribution is -2.32. The summed E-state index contributed by atoms with van der Waals surface area (Å²) in [6.45, 7) is 4.89. The molecule has 21 heavy (non-hydrogen) atoms. The molecule has 0 bridgehead atoms. The number of carbonyl (C=O) groups excluding carboxylic acids is 1. The molecule has 0 aliphatic rings. The molecule has 0 fully saturated rings. The molecular formula is C14H22N2O4S. The molecule has 7 heteroatoms. The maximum Gasteiger partial charge on any atom is 0.411 e. The Morgan fingerprint density at radius 3 is 2.10 bits per heavy atom. The van der Waals surface area contributed by atoms with Gasteiger partial charge in [0, 0.05) is 18.8 Å². The molecule has 1 aromatic rings. The van der Waals surface area contributed by atoms with Gasteiger partial charge in [-0.15, -0.1) is 0 Å². The summed E-state index contributed by atoms with van der Waals surface area (Å²) >= 11 is 0. The second kappa shape index (κ2) is 7.99. The van der Waals surface area contributed by atoms with Crippen molar-refractivity contribution < 1.29 is 17.9 Å². The highest BCUT2D eigenvalue weighted by Crippen LogP contribution is 2.19. The van der Waals surface area contributed by atoms with E-state index in [4.69, 9.17) is 0 Å². The Morgan fingerprint density at radius 1 is 1.14 bits per heavy atom. The molecule has 0 aromatic heterocycles. The van der Waals surface area contributed by atoms with Crippen LogP contribution in [0.2, 0.25) is 0 Å². The van der Waals surface area contributed by atoms with Gasteiger partial charge in [0.05, 0.1) is 12.0 Å². The summed E-state index contributed by atoms with van der Waals surface area (Å²) in [7, 11) is -2.22. The number of benzene rings is 1.